The van der Waals surface area contributed by atoms with E-state index in [-0.39, 0.29) is 68.9 Å². The largest absolute Gasteiger partial charge is 1.00 e. The van der Waals surface area contributed by atoms with Crippen molar-refractivity contribution < 1.29 is 68.9 Å². The van der Waals surface area contributed by atoms with E-state index in [0.29, 0.717) is 6.04 Å². The quantitative estimate of drug-likeness (QED) is 0.582. The van der Waals surface area contributed by atoms with Crippen LogP contribution in [0.15, 0.2) is 12.3 Å². The Hall–Kier alpha value is 1.55. The maximum atomic E-state index is 3.91. The molecule has 0 aromatic carbocycles. The van der Waals surface area contributed by atoms with Crippen molar-refractivity contribution in [3.63, 3.8) is 0 Å². The Balaban J connectivity index is 0.00000121. The molecule has 0 radical (unpaired) electrons. The molecule has 0 unspecified atom stereocenters. The van der Waals surface area contributed by atoms with Gasteiger partial charge < -0.3 is 10.2 Å². The summed E-state index contributed by atoms with van der Waals surface area (Å²) in [4.78, 5) is 2.35. The molecule has 1 fully saturated rings. The van der Waals surface area contributed by atoms with Gasteiger partial charge in [0.2, 0.25) is 0 Å². The molecule has 0 saturated carbocycles. The summed E-state index contributed by atoms with van der Waals surface area (Å²) in [7, 11) is 0. The predicted octanol–water partition coefficient (Wildman–Crippen LogP) is -1.63. The van der Waals surface area contributed by atoms with E-state index in [4.69, 9.17) is 0 Å². The van der Waals surface area contributed by atoms with Gasteiger partial charge in [-0.15, -0.1) is 0 Å². The van der Waals surface area contributed by atoms with Gasteiger partial charge in [0.15, 0.2) is 0 Å². The number of nitrogens with zero attached hydrogens (tertiary/aromatic N) is 1. The minimum absolute atomic E-state index is 0. The monoisotopic (exact) mass is 286 g/mol. The summed E-state index contributed by atoms with van der Waals surface area (Å²) in [6.07, 6.45) is 1.06. The Kier molecular flexibility index (Phi) is 7.82. The second-order valence-electron chi connectivity index (χ2n) is 3.25. The first-order valence-corrected chi connectivity index (χ1v) is 4.21. The molecule has 12 heavy (non-hydrogen) atoms. The zero-order valence-electron chi connectivity index (χ0n) is 8.43. The van der Waals surface area contributed by atoms with E-state index in [1.54, 1.807) is 0 Å². The Bertz CT molecular complexity index is 145. The smallest absolute Gasteiger partial charge is 0.452 e. The van der Waals surface area contributed by atoms with Gasteiger partial charge in [0.25, 0.3) is 0 Å². The molecule has 1 N–H and O–H groups in total. The van der Waals surface area contributed by atoms with E-state index < -0.39 is 0 Å². The minimum atomic E-state index is 0. The van der Waals surface area contributed by atoms with Crippen LogP contribution in [0, 0.1) is 6.54 Å². The van der Waals surface area contributed by atoms with Crippen molar-refractivity contribution in [1.82, 2.24) is 10.2 Å². The summed E-state index contributed by atoms with van der Waals surface area (Å²) in [6, 6.07) is 0.614. The number of hydrogen-bond donors (Lipinski definition) is 1. The van der Waals surface area contributed by atoms with Crippen LogP contribution in [0.25, 0.3) is 0 Å². The van der Waals surface area contributed by atoms with Crippen molar-refractivity contribution in [3.05, 3.63) is 18.8 Å². The minimum Gasteiger partial charge on any atom is -0.452 e. The van der Waals surface area contributed by atoms with Crippen LogP contribution in [-0.4, -0.2) is 24.0 Å². The van der Waals surface area contributed by atoms with Crippen molar-refractivity contribution in [2.75, 3.05) is 13.1 Å². The first-order chi connectivity index (χ1) is 5.20. The molecular weight excluding hydrogens is 269 g/mol. The third-order valence-electron chi connectivity index (χ3n) is 2.01. The van der Waals surface area contributed by atoms with Crippen LogP contribution in [-0.2, 0) is 0 Å². The zero-order chi connectivity index (χ0) is 8.27. The first-order valence-electron chi connectivity index (χ1n) is 4.21. The third-order valence-corrected chi connectivity index (χ3v) is 2.01. The van der Waals surface area contributed by atoms with E-state index >= 15 is 0 Å². The van der Waals surface area contributed by atoms with Gasteiger partial charge in [-0.2, -0.15) is 0 Å². The normalized spacial score (nSPS) is 19.8. The molecule has 0 spiro atoms. The Morgan fingerprint density at radius 3 is 2.83 bits per heavy atom. The molecule has 0 aromatic heterocycles. The molecule has 2 nitrogen and oxygen atoms in total. The molecule has 0 aliphatic carbocycles. The maximum Gasteiger partial charge on any atom is 1.00 e. The molecule has 64 valence electrons. The summed E-state index contributed by atoms with van der Waals surface area (Å²) in [5.74, 6) is 0. The molecule has 1 aliphatic heterocycles. The Morgan fingerprint density at radius 2 is 2.25 bits per heavy atom. The number of hydrogen-bond acceptors (Lipinski definition) is 2. The van der Waals surface area contributed by atoms with Gasteiger partial charge in [-0.3, -0.25) is 0 Å². The van der Waals surface area contributed by atoms with Crippen LogP contribution >= 0.6 is 0 Å². The van der Waals surface area contributed by atoms with E-state index in [1.807, 2.05) is 0 Å². The molecular formula is C9H17CsN2. The fourth-order valence-corrected chi connectivity index (χ4v) is 1.22. The molecule has 0 aromatic rings. The van der Waals surface area contributed by atoms with Crippen molar-refractivity contribution in [1.29, 1.82) is 0 Å². The average Bonchev–Trinajstić information content (AvgIpc) is 2.13. The topological polar surface area (TPSA) is 15.3 Å². The molecule has 1 saturated heterocycles. The molecule has 1 heterocycles. The summed E-state index contributed by atoms with van der Waals surface area (Å²) in [5, 5.41) is 3.24. The van der Waals surface area contributed by atoms with E-state index in [1.165, 1.54) is 0 Å². The van der Waals surface area contributed by atoms with Gasteiger partial charge >= 0.3 is 68.9 Å². The van der Waals surface area contributed by atoms with Crippen LogP contribution in [0.2, 0.25) is 0 Å². The standard InChI is InChI=1S/C9H17N2.Cs/c1-8(2)11-6-4-9(3)10-5-7-11;/h7-8,10H,3-6H2,1-2H3;/q-1;+1. The van der Waals surface area contributed by atoms with E-state index in [2.05, 4.69) is 37.2 Å². The summed E-state index contributed by atoms with van der Waals surface area (Å²) < 4.78 is 0. The second-order valence-corrected chi connectivity index (χ2v) is 3.25. The van der Waals surface area contributed by atoms with E-state index in [0.717, 1.165) is 25.2 Å². The fraction of sp³-hybridized carbons (Fsp3) is 0.667. The number of rotatable bonds is 1. The Morgan fingerprint density at radius 1 is 1.58 bits per heavy atom. The number of nitrogens with one attached hydrogen (secondary N) is 1. The van der Waals surface area contributed by atoms with Crippen molar-refractivity contribution in [2.24, 2.45) is 0 Å². The van der Waals surface area contributed by atoms with Crippen LogP contribution in [0.5, 0.6) is 0 Å². The van der Waals surface area contributed by atoms with Crippen LogP contribution in [0.3, 0.4) is 0 Å². The second kappa shape index (κ2) is 6.93. The molecule has 3 heteroatoms. The molecule has 1 rings (SSSR count). The summed E-state index contributed by atoms with van der Waals surface area (Å²) in [5.41, 5.74) is 1.16. The van der Waals surface area contributed by atoms with Crippen LogP contribution < -0.4 is 74.2 Å². The van der Waals surface area contributed by atoms with Crippen LogP contribution in [0.1, 0.15) is 20.3 Å². The summed E-state index contributed by atoms with van der Waals surface area (Å²) >= 11 is 0. The Labute approximate surface area is 135 Å². The van der Waals surface area contributed by atoms with Crippen molar-refractivity contribution >= 4 is 0 Å². The zero-order valence-corrected chi connectivity index (χ0v) is 14.7. The van der Waals surface area contributed by atoms with Gasteiger partial charge in [-0.05, 0) is 19.0 Å². The molecule has 0 amide bonds. The third kappa shape index (κ3) is 4.69. The van der Waals surface area contributed by atoms with E-state index in [9.17, 15) is 0 Å². The van der Waals surface area contributed by atoms with Crippen molar-refractivity contribution in [2.45, 2.75) is 26.3 Å². The SMILES string of the molecule is C=C1CCN(C(C)C)[CH-]CN1.[Cs+]. The van der Waals surface area contributed by atoms with Gasteiger partial charge in [0.1, 0.15) is 0 Å². The molecule has 0 bridgehead atoms. The van der Waals surface area contributed by atoms with Gasteiger partial charge in [-0.1, -0.05) is 27.0 Å². The van der Waals surface area contributed by atoms with Gasteiger partial charge in [0, 0.05) is 5.70 Å². The maximum absolute atomic E-state index is 3.91. The average molecular weight is 286 g/mol. The predicted molar refractivity (Wildman–Crippen MR) is 47.9 cm³/mol. The molecule has 0 atom stereocenters. The first kappa shape index (κ1) is 13.6. The summed E-state index contributed by atoms with van der Waals surface area (Å²) in [6.45, 7) is 12.6. The van der Waals surface area contributed by atoms with Gasteiger partial charge in [0.05, 0.1) is 0 Å². The fourth-order valence-electron chi connectivity index (χ4n) is 1.22. The van der Waals surface area contributed by atoms with Crippen LogP contribution in [0.4, 0.5) is 0 Å². The van der Waals surface area contributed by atoms with Crippen molar-refractivity contribution in [3.8, 4) is 0 Å². The van der Waals surface area contributed by atoms with Gasteiger partial charge in [-0.25, -0.2) is 6.54 Å². The molecule has 1 aliphatic rings.